The van der Waals surface area contributed by atoms with E-state index in [9.17, 15) is 0 Å². The van der Waals surface area contributed by atoms with Crippen LogP contribution in [0.1, 0.15) is 43.3 Å². The zero-order chi connectivity index (χ0) is 17.0. The molecule has 8 heteroatoms. The maximum atomic E-state index is 4.48. The summed E-state index contributed by atoms with van der Waals surface area (Å²) in [7, 11) is 1.86. The van der Waals surface area contributed by atoms with Gasteiger partial charge in [0.25, 0.3) is 0 Å². The van der Waals surface area contributed by atoms with E-state index in [1.807, 2.05) is 18.4 Å². The molecule has 2 N–H and O–H groups in total. The summed E-state index contributed by atoms with van der Waals surface area (Å²) in [5.74, 6) is 2.48. The summed E-state index contributed by atoms with van der Waals surface area (Å²) in [6.45, 7) is 7.40. The number of aromatic nitrogens is 3. The third-order valence-electron chi connectivity index (χ3n) is 4.70. The third kappa shape index (κ3) is 4.93. The first-order valence-corrected chi connectivity index (χ1v) is 9.33. The number of rotatable bonds is 4. The fourth-order valence-corrected chi connectivity index (χ4v) is 4.01. The van der Waals surface area contributed by atoms with Crippen LogP contribution in [0.5, 0.6) is 0 Å². The Hall–Kier alpha value is -1.16. The van der Waals surface area contributed by atoms with E-state index in [2.05, 4.69) is 61.8 Å². The summed E-state index contributed by atoms with van der Waals surface area (Å²) < 4.78 is 0. The summed E-state index contributed by atoms with van der Waals surface area (Å²) in [5, 5.41) is 12.7. The lowest BCUT2D eigenvalue weighted by molar-refractivity contribution is 0.297. The quantitative estimate of drug-likeness (QED) is 0.406. The van der Waals surface area contributed by atoms with Gasteiger partial charge in [0, 0.05) is 42.9 Å². The topological polar surface area (TPSA) is 69.2 Å². The zero-order valence-corrected chi connectivity index (χ0v) is 18.2. The molecule has 0 amide bonds. The number of hydrogen-bond donors (Lipinski definition) is 2. The Labute approximate surface area is 170 Å². The van der Waals surface area contributed by atoms with Gasteiger partial charge in [-0.15, -0.1) is 35.3 Å². The highest BCUT2D eigenvalue weighted by Gasteiger charge is 2.26. The van der Waals surface area contributed by atoms with E-state index in [1.54, 1.807) is 6.33 Å². The van der Waals surface area contributed by atoms with Gasteiger partial charge in [0.2, 0.25) is 0 Å². The number of nitrogens with zero attached hydrogens (tertiary/aromatic N) is 4. The molecule has 0 atom stereocenters. The fourth-order valence-electron chi connectivity index (χ4n) is 3.16. The summed E-state index contributed by atoms with van der Waals surface area (Å²) in [4.78, 5) is 12.5. The first kappa shape index (κ1) is 20.2. The normalized spacial score (nSPS) is 16.6. The second kappa shape index (κ2) is 8.98. The number of aliphatic imine (C=N–C) groups is 1. The lowest BCUT2D eigenvalue weighted by Crippen LogP contribution is -2.48. The number of guanidine groups is 1. The van der Waals surface area contributed by atoms with Crippen molar-refractivity contribution in [2.45, 2.75) is 38.0 Å². The van der Waals surface area contributed by atoms with E-state index < -0.39 is 0 Å². The first-order valence-electron chi connectivity index (χ1n) is 8.45. The minimum Gasteiger partial charge on any atom is -0.355 e. The van der Waals surface area contributed by atoms with Crippen molar-refractivity contribution in [2.24, 2.45) is 4.99 Å². The van der Waals surface area contributed by atoms with Gasteiger partial charge in [-0.25, -0.2) is 4.98 Å². The Balaban J connectivity index is 0.00000225. The number of thiophene rings is 1. The summed E-state index contributed by atoms with van der Waals surface area (Å²) in [6, 6.07) is 4.32. The first-order chi connectivity index (χ1) is 11.6. The average molecular weight is 474 g/mol. The van der Waals surface area contributed by atoms with Crippen molar-refractivity contribution >= 4 is 41.3 Å². The second-order valence-electron chi connectivity index (χ2n) is 6.89. The predicted molar refractivity (Wildman–Crippen MR) is 114 cm³/mol. The van der Waals surface area contributed by atoms with E-state index in [0.717, 1.165) is 44.3 Å². The van der Waals surface area contributed by atoms with Crippen LogP contribution in [-0.2, 0) is 5.41 Å². The van der Waals surface area contributed by atoms with Crippen LogP contribution in [0.4, 0.5) is 0 Å². The molecule has 1 fully saturated rings. The van der Waals surface area contributed by atoms with Crippen molar-refractivity contribution in [1.29, 1.82) is 0 Å². The van der Waals surface area contributed by atoms with E-state index >= 15 is 0 Å². The van der Waals surface area contributed by atoms with Crippen LogP contribution in [0.25, 0.3) is 0 Å². The molecule has 138 valence electrons. The standard InChI is InChI=1S/C17H26N6S.HI/c1-17(2,14-5-4-10-24-14)11-19-16(18-3)23-8-6-13(7-9-23)15-20-12-21-22-15;/h4-5,10,12-13H,6-9,11H2,1-3H3,(H,18,19)(H,20,21,22);1H. The van der Waals surface area contributed by atoms with Crippen molar-refractivity contribution in [1.82, 2.24) is 25.4 Å². The van der Waals surface area contributed by atoms with Gasteiger partial charge in [-0.3, -0.25) is 10.1 Å². The zero-order valence-electron chi connectivity index (χ0n) is 15.0. The second-order valence-corrected chi connectivity index (χ2v) is 7.84. The Bertz CT molecular complexity index is 645. The molecule has 2 aromatic heterocycles. The van der Waals surface area contributed by atoms with Gasteiger partial charge in [0.15, 0.2) is 5.96 Å². The lowest BCUT2D eigenvalue weighted by Gasteiger charge is -2.35. The number of likely N-dealkylation sites (tertiary alicyclic amines) is 1. The minimum atomic E-state index is 0. The molecule has 0 radical (unpaired) electrons. The van der Waals surface area contributed by atoms with Crippen LogP contribution in [0, 0.1) is 0 Å². The maximum absolute atomic E-state index is 4.48. The molecule has 2 aromatic rings. The van der Waals surface area contributed by atoms with Gasteiger partial charge in [0.1, 0.15) is 12.2 Å². The molecule has 1 aliphatic heterocycles. The molecule has 1 aliphatic rings. The van der Waals surface area contributed by atoms with Gasteiger partial charge in [-0.05, 0) is 24.3 Å². The van der Waals surface area contributed by atoms with E-state index in [0.29, 0.717) is 5.92 Å². The molecular formula is C17H27IN6S. The van der Waals surface area contributed by atoms with Gasteiger partial charge in [0.05, 0.1) is 0 Å². The molecule has 0 spiro atoms. The van der Waals surface area contributed by atoms with Crippen molar-refractivity contribution < 1.29 is 0 Å². The number of hydrogen-bond acceptors (Lipinski definition) is 4. The number of halogens is 1. The van der Waals surface area contributed by atoms with E-state index in [-0.39, 0.29) is 29.4 Å². The molecule has 6 nitrogen and oxygen atoms in total. The monoisotopic (exact) mass is 474 g/mol. The van der Waals surface area contributed by atoms with Crippen LogP contribution in [0.3, 0.4) is 0 Å². The van der Waals surface area contributed by atoms with E-state index in [4.69, 9.17) is 0 Å². The molecule has 3 heterocycles. The molecule has 0 saturated carbocycles. The van der Waals surface area contributed by atoms with E-state index in [1.165, 1.54) is 4.88 Å². The minimum absolute atomic E-state index is 0. The Morgan fingerprint density at radius 2 is 2.20 bits per heavy atom. The largest absolute Gasteiger partial charge is 0.355 e. The molecule has 0 bridgehead atoms. The van der Waals surface area contributed by atoms with Crippen LogP contribution >= 0.6 is 35.3 Å². The van der Waals surface area contributed by atoms with Crippen LogP contribution < -0.4 is 5.32 Å². The SMILES string of the molecule is CN=C(NCC(C)(C)c1cccs1)N1CCC(c2ncn[nH]2)CC1.I. The summed E-state index contributed by atoms with van der Waals surface area (Å²) in [6.07, 6.45) is 3.74. The van der Waals surface area contributed by atoms with Gasteiger partial charge in [-0.2, -0.15) is 5.10 Å². The van der Waals surface area contributed by atoms with Crippen LogP contribution in [-0.4, -0.2) is 52.7 Å². The van der Waals surface area contributed by atoms with Crippen LogP contribution in [0.15, 0.2) is 28.8 Å². The number of aromatic amines is 1. The van der Waals surface area contributed by atoms with Crippen molar-refractivity contribution in [3.63, 3.8) is 0 Å². The van der Waals surface area contributed by atoms with Crippen molar-refractivity contribution in [3.05, 3.63) is 34.5 Å². The smallest absolute Gasteiger partial charge is 0.193 e. The Kier molecular flexibility index (Phi) is 7.24. The highest BCUT2D eigenvalue weighted by atomic mass is 127. The Morgan fingerprint density at radius 1 is 1.44 bits per heavy atom. The highest BCUT2D eigenvalue weighted by Crippen LogP contribution is 2.27. The predicted octanol–water partition coefficient (Wildman–Crippen LogP) is 3.22. The maximum Gasteiger partial charge on any atom is 0.193 e. The van der Waals surface area contributed by atoms with Crippen molar-refractivity contribution in [3.8, 4) is 0 Å². The average Bonchev–Trinajstić information content (AvgIpc) is 3.30. The summed E-state index contributed by atoms with van der Waals surface area (Å²) in [5.41, 5.74) is 0.0995. The van der Waals surface area contributed by atoms with Gasteiger partial charge in [-0.1, -0.05) is 19.9 Å². The molecular weight excluding hydrogens is 447 g/mol. The lowest BCUT2D eigenvalue weighted by atomic mass is 9.91. The molecule has 1 saturated heterocycles. The highest BCUT2D eigenvalue weighted by molar-refractivity contribution is 14.0. The molecule has 0 unspecified atom stereocenters. The van der Waals surface area contributed by atoms with Crippen molar-refractivity contribution in [2.75, 3.05) is 26.7 Å². The van der Waals surface area contributed by atoms with Gasteiger partial charge >= 0.3 is 0 Å². The van der Waals surface area contributed by atoms with Gasteiger partial charge < -0.3 is 10.2 Å². The number of nitrogens with one attached hydrogen (secondary N) is 2. The summed E-state index contributed by atoms with van der Waals surface area (Å²) >= 11 is 1.81. The third-order valence-corrected chi connectivity index (χ3v) is 5.94. The van der Waals surface area contributed by atoms with Crippen LogP contribution in [0.2, 0.25) is 0 Å². The Morgan fingerprint density at radius 3 is 2.76 bits per heavy atom. The molecule has 0 aliphatic carbocycles. The number of piperidine rings is 1. The molecule has 0 aromatic carbocycles. The fraction of sp³-hybridized carbons (Fsp3) is 0.588. The number of H-pyrrole nitrogens is 1. The molecule has 3 rings (SSSR count). The molecule has 25 heavy (non-hydrogen) atoms.